The third-order valence-electron chi connectivity index (χ3n) is 3.76. The highest BCUT2D eigenvalue weighted by Gasteiger charge is 2.16. The van der Waals surface area contributed by atoms with Gasteiger partial charge in [0.05, 0.1) is 26.3 Å². The minimum absolute atomic E-state index is 0.0726. The number of hydrogen-bond acceptors (Lipinski definition) is 6. The van der Waals surface area contributed by atoms with Gasteiger partial charge in [0, 0.05) is 22.5 Å². The minimum atomic E-state index is -0.995. The van der Waals surface area contributed by atoms with Gasteiger partial charge in [-0.2, -0.15) is 5.10 Å². The molecule has 2 rings (SSSR count). The van der Waals surface area contributed by atoms with Gasteiger partial charge in [0.2, 0.25) is 5.91 Å². The Morgan fingerprint density at radius 1 is 0.967 bits per heavy atom. The SMILES string of the molecule is COc1ccc(NC(=O)C(=O)N/N=C(/C)CC(=O)Nc2ccc(Cl)cc2)c(OC)c1. The molecule has 0 aliphatic carbocycles. The van der Waals surface area contributed by atoms with E-state index in [0.29, 0.717) is 33.6 Å². The van der Waals surface area contributed by atoms with Crippen LogP contribution in [0.25, 0.3) is 0 Å². The van der Waals surface area contributed by atoms with Gasteiger partial charge in [-0.05, 0) is 43.3 Å². The second-order valence-electron chi connectivity index (χ2n) is 6.04. The number of nitrogens with zero attached hydrogens (tertiary/aromatic N) is 1. The lowest BCUT2D eigenvalue weighted by atomic mass is 10.2. The van der Waals surface area contributed by atoms with Crippen LogP contribution in [0.15, 0.2) is 47.6 Å². The quantitative estimate of drug-likeness (QED) is 0.353. The van der Waals surface area contributed by atoms with Crippen molar-refractivity contribution in [2.75, 3.05) is 24.9 Å². The zero-order valence-electron chi connectivity index (χ0n) is 16.6. The van der Waals surface area contributed by atoms with Crippen LogP contribution in [0.2, 0.25) is 5.02 Å². The van der Waals surface area contributed by atoms with E-state index in [2.05, 4.69) is 21.2 Å². The highest BCUT2D eigenvalue weighted by Crippen LogP contribution is 2.28. The van der Waals surface area contributed by atoms with Gasteiger partial charge in [0.15, 0.2) is 0 Å². The molecular weight excluding hydrogens is 412 g/mol. The Morgan fingerprint density at radius 2 is 1.67 bits per heavy atom. The summed E-state index contributed by atoms with van der Waals surface area (Å²) >= 11 is 5.79. The van der Waals surface area contributed by atoms with Crippen molar-refractivity contribution in [3.8, 4) is 11.5 Å². The predicted octanol–water partition coefficient (Wildman–Crippen LogP) is 2.82. The first-order valence-corrected chi connectivity index (χ1v) is 9.12. The van der Waals surface area contributed by atoms with E-state index in [-0.39, 0.29) is 12.3 Å². The fourth-order valence-corrected chi connectivity index (χ4v) is 2.41. The molecule has 2 aromatic carbocycles. The second-order valence-corrected chi connectivity index (χ2v) is 6.48. The van der Waals surface area contributed by atoms with Gasteiger partial charge < -0.3 is 20.1 Å². The summed E-state index contributed by atoms with van der Waals surface area (Å²) < 4.78 is 10.2. The van der Waals surface area contributed by atoms with Crippen LogP contribution in [0.3, 0.4) is 0 Å². The van der Waals surface area contributed by atoms with Crippen LogP contribution in [-0.2, 0) is 14.4 Å². The molecular formula is C20H21ClN4O5. The van der Waals surface area contributed by atoms with Crippen molar-refractivity contribution in [2.45, 2.75) is 13.3 Å². The zero-order valence-corrected chi connectivity index (χ0v) is 17.4. The van der Waals surface area contributed by atoms with Gasteiger partial charge in [0.25, 0.3) is 0 Å². The molecule has 2 aromatic rings. The number of anilines is 2. The first-order valence-electron chi connectivity index (χ1n) is 8.74. The maximum Gasteiger partial charge on any atom is 0.329 e. The predicted molar refractivity (Wildman–Crippen MR) is 114 cm³/mol. The summed E-state index contributed by atoms with van der Waals surface area (Å²) in [7, 11) is 2.92. The highest BCUT2D eigenvalue weighted by atomic mass is 35.5. The van der Waals surface area contributed by atoms with E-state index in [4.69, 9.17) is 21.1 Å². The Morgan fingerprint density at radius 3 is 2.30 bits per heavy atom. The topological polar surface area (TPSA) is 118 Å². The third-order valence-corrected chi connectivity index (χ3v) is 4.01. The molecule has 0 spiro atoms. The van der Waals surface area contributed by atoms with Crippen LogP contribution in [0, 0.1) is 0 Å². The van der Waals surface area contributed by atoms with Crippen molar-refractivity contribution in [2.24, 2.45) is 5.10 Å². The second kappa shape index (κ2) is 10.8. The molecule has 0 atom stereocenters. The summed E-state index contributed by atoms with van der Waals surface area (Å²) in [5.41, 5.74) is 3.29. The van der Waals surface area contributed by atoms with Crippen molar-refractivity contribution < 1.29 is 23.9 Å². The van der Waals surface area contributed by atoms with Crippen LogP contribution in [-0.4, -0.2) is 37.7 Å². The Balaban J connectivity index is 1.88. The van der Waals surface area contributed by atoms with Crippen LogP contribution < -0.4 is 25.5 Å². The zero-order chi connectivity index (χ0) is 22.1. The molecule has 0 fully saturated rings. The van der Waals surface area contributed by atoms with Crippen molar-refractivity contribution in [1.29, 1.82) is 0 Å². The van der Waals surface area contributed by atoms with Crippen LogP contribution in [0.5, 0.6) is 11.5 Å². The molecule has 0 aliphatic heterocycles. The van der Waals surface area contributed by atoms with Crippen LogP contribution in [0.4, 0.5) is 11.4 Å². The molecule has 0 saturated carbocycles. The lowest BCUT2D eigenvalue weighted by Crippen LogP contribution is -2.33. The Hall–Kier alpha value is -3.59. The summed E-state index contributed by atoms with van der Waals surface area (Å²) in [6.45, 7) is 1.55. The minimum Gasteiger partial charge on any atom is -0.497 e. The highest BCUT2D eigenvalue weighted by molar-refractivity contribution is 6.39. The number of ether oxygens (including phenoxy) is 2. The van der Waals surface area contributed by atoms with E-state index >= 15 is 0 Å². The van der Waals surface area contributed by atoms with Gasteiger partial charge in [-0.1, -0.05) is 11.6 Å². The Labute approximate surface area is 178 Å². The smallest absolute Gasteiger partial charge is 0.329 e. The third kappa shape index (κ3) is 6.78. The van der Waals surface area contributed by atoms with Gasteiger partial charge in [0.1, 0.15) is 11.5 Å². The molecule has 9 nitrogen and oxygen atoms in total. The van der Waals surface area contributed by atoms with E-state index in [0.717, 1.165) is 0 Å². The first-order chi connectivity index (χ1) is 14.3. The molecule has 3 amide bonds. The number of rotatable bonds is 7. The number of methoxy groups -OCH3 is 2. The summed E-state index contributed by atoms with van der Waals surface area (Å²) in [4.78, 5) is 36.1. The lowest BCUT2D eigenvalue weighted by molar-refractivity contribution is -0.136. The molecule has 30 heavy (non-hydrogen) atoms. The maximum absolute atomic E-state index is 12.1. The van der Waals surface area contributed by atoms with E-state index in [1.807, 2.05) is 0 Å². The van der Waals surface area contributed by atoms with Gasteiger partial charge in [-0.3, -0.25) is 14.4 Å². The summed E-state index contributed by atoms with van der Waals surface area (Å²) in [6, 6.07) is 11.3. The number of hydrogen-bond donors (Lipinski definition) is 3. The molecule has 0 bridgehead atoms. The molecule has 158 valence electrons. The summed E-state index contributed by atoms with van der Waals surface area (Å²) in [6.07, 6.45) is -0.0726. The molecule has 10 heteroatoms. The number of amides is 3. The number of halogens is 1. The number of carbonyl (C=O) groups is 3. The standard InChI is InChI=1S/C20H21ClN4O5/c1-12(10-18(26)22-14-6-4-13(21)5-7-14)24-25-20(28)19(27)23-16-9-8-15(29-2)11-17(16)30-3/h4-9,11H,10H2,1-3H3,(H,22,26)(H,23,27)(H,25,28)/b24-12-. The molecule has 0 radical (unpaired) electrons. The monoisotopic (exact) mass is 432 g/mol. The molecule has 0 heterocycles. The van der Waals surface area contributed by atoms with Gasteiger partial charge in [-0.25, -0.2) is 5.43 Å². The van der Waals surface area contributed by atoms with E-state index in [1.54, 1.807) is 49.4 Å². The molecule has 3 N–H and O–H groups in total. The summed E-state index contributed by atoms with van der Waals surface area (Å²) in [5, 5.41) is 9.42. The largest absolute Gasteiger partial charge is 0.497 e. The van der Waals surface area contributed by atoms with Gasteiger partial charge >= 0.3 is 11.8 Å². The number of carbonyl (C=O) groups excluding carboxylic acids is 3. The Bertz CT molecular complexity index is 960. The van der Waals surface area contributed by atoms with Crippen molar-refractivity contribution >= 4 is 46.4 Å². The number of benzene rings is 2. The first kappa shape index (κ1) is 22.7. The number of hydrazone groups is 1. The average molecular weight is 433 g/mol. The number of nitrogens with one attached hydrogen (secondary N) is 3. The van der Waals surface area contributed by atoms with Crippen LogP contribution in [0.1, 0.15) is 13.3 Å². The summed E-state index contributed by atoms with van der Waals surface area (Å²) in [5.74, 6) is -1.41. The maximum atomic E-state index is 12.1. The Kier molecular flexibility index (Phi) is 8.18. The molecule has 0 aliphatic rings. The van der Waals surface area contributed by atoms with E-state index in [1.165, 1.54) is 14.2 Å². The van der Waals surface area contributed by atoms with Gasteiger partial charge in [-0.15, -0.1) is 0 Å². The van der Waals surface area contributed by atoms with Crippen LogP contribution >= 0.6 is 11.6 Å². The van der Waals surface area contributed by atoms with Crippen molar-refractivity contribution in [3.63, 3.8) is 0 Å². The lowest BCUT2D eigenvalue weighted by Gasteiger charge is -2.11. The van der Waals surface area contributed by atoms with Crippen molar-refractivity contribution in [3.05, 3.63) is 47.5 Å². The van der Waals surface area contributed by atoms with E-state index in [9.17, 15) is 14.4 Å². The van der Waals surface area contributed by atoms with Crippen molar-refractivity contribution in [1.82, 2.24) is 5.43 Å². The fourth-order valence-electron chi connectivity index (χ4n) is 2.29. The van der Waals surface area contributed by atoms with E-state index < -0.39 is 11.8 Å². The molecule has 0 saturated heterocycles. The molecule has 0 aromatic heterocycles. The fraction of sp³-hybridized carbons (Fsp3) is 0.200. The molecule has 0 unspecified atom stereocenters. The normalized spacial score (nSPS) is 10.7. The average Bonchev–Trinajstić information content (AvgIpc) is 2.73.